The number of hydrogen-bond donors (Lipinski definition) is 3. The van der Waals surface area contributed by atoms with Crippen molar-refractivity contribution in [2.24, 2.45) is 11.1 Å². The van der Waals surface area contributed by atoms with Crippen LogP contribution in [-0.4, -0.2) is 23.1 Å². The first-order valence-corrected chi connectivity index (χ1v) is 4.49. The molecule has 0 rings (SSSR count). The maximum absolute atomic E-state index is 11.1. The van der Waals surface area contributed by atoms with Gasteiger partial charge < -0.3 is 16.2 Å². The predicted molar refractivity (Wildman–Crippen MR) is 52.0 cm³/mol. The van der Waals surface area contributed by atoms with Crippen molar-refractivity contribution in [3.63, 3.8) is 0 Å². The summed E-state index contributed by atoms with van der Waals surface area (Å²) in [6, 6.07) is 0. The van der Waals surface area contributed by atoms with E-state index in [1.54, 1.807) is 20.8 Å². The van der Waals surface area contributed by atoms with Gasteiger partial charge in [0.05, 0.1) is 0 Å². The van der Waals surface area contributed by atoms with Crippen LogP contribution >= 0.6 is 0 Å². The summed E-state index contributed by atoms with van der Waals surface area (Å²) in [5, 5.41) is 11.9. The Labute approximate surface area is 83.7 Å². The van der Waals surface area contributed by atoms with E-state index in [0.29, 0.717) is 0 Å². The molecule has 0 saturated carbocycles. The molecular weight excluding hydrogens is 184 g/mol. The molecule has 0 fully saturated rings. The third kappa shape index (κ3) is 5.53. The van der Waals surface area contributed by atoms with Gasteiger partial charge in [0.1, 0.15) is 6.23 Å². The standard InChI is InChI=1S/C9H18N2O3/c1-9(2,3)8(14)11-7(13)5-4-6(10)12/h8,14H,4-5H2,1-3H3,(H2,10,12)(H,11,13). The van der Waals surface area contributed by atoms with E-state index in [9.17, 15) is 14.7 Å². The van der Waals surface area contributed by atoms with Crippen molar-refractivity contribution in [3.8, 4) is 0 Å². The molecule has 0 spiro atoms. The van der Waals surface area contributed by atoms with Gasteiger partial charge in [0.2, 0.25) is 11.8 Å². The molecule has 0 aromatic carbocycles. The first kappa shape index (κ1) is 12.9. The van der Waals surface area contributed by atoms with E-state index < -0.39 is 17.6 Å². The Bertz CT molecular complexity index is 221. The summed E-state index contributed by atoms with van der Waals surface area (Å²) >= 11 is 0. The molecule has 0 aromatic heterocycles. The van der Waals surface area contributed by atoms with Gasteiger partial charge in [0.25, 0.3) is 0 Å². The monoisotopic (exact) mass is 202 g/mol. The maximum Gasteiger partial charge on any atom is 0.222 e. The zero-order valence-corrected chi connectivity index (χ0v) is 8.83. The molecular formula is C9H18N2O3. The third-order valence-electron chi connectivity index (χ3n) is 1.72. The molecule has 0 saturated heterocycles. The molecule has 1 unspecified atom stereocenters. The second-order valence-corrected chi connectivity index (χ2v) is 4.30. The van der Waals surface area contributed by atoms with Crippen molar-refractivity contribution >= 4 is 11.8 Å². The van der Waals surface area contributed by atoms with Crippen molar-refractivity contribution < 1.29 is 14.7 Å². The van der Waals surface area contributed by atoms with Crippen molar-refractivity contribution in [2.75, 3.05) is 0 Å². The van der Waals surface area contributed by atoms with E-state index in [0.717, 1.165) is 0 Å². The van der Waals surface area contributed by atoms with Gasteiger partial charge >= 0.3 is 0 Å². The quantitative estimate of drug-likeness (QED) is 0.548. The molecule has 0 aliphatic carbocycles. The first-order valence-electron chi connectivity index (χ1n) is 4.49. The topological polar surface area (TPSA) is 92.4 Å². The minimum absolute atomic E-state index is 0.00267. The lowest BCUT2D eigenvalue weighted by atomic mass is 9.94. The Morgan fingerprint density at radius 1 is 1.36 bits per heavy atom. The van der Waals surface area contributed by atoms with Crippen LogP contribution in [0.1, 0.15) is 33.6 Å². The minimum atomic E-state index is -0.914. The van der Waals surface area contributed by atoms with Crippen LogP contribution in [0.25, 0.3) is 0 Å². The average molecular weight is 202 g/mol. The molecule has 5 heteroatoms. The summed E-state index contributed by atoms with van der Waals surface area (Å²) in [6.45, 7) is 5.39. The van der Waals surface area contributed by atoms with Crippen LogP contribution in [0.2, 0.25) is 0 Å². The summed E-state index contributed by atoms with van der Waals surface area (Å²) in [7, 11) is 0. The zero-order valence-electron chi connectivity index (χ0n) is 8.83. The van der Waals surface area contributed by atoms with Crippen LogP contribution < -0.4 is 11.1 Å². The van der Waals surface area contributed by atoms with Crippen molar-refractivity contribution in [2.45, 2.75) is 39.8 Å². The lowest BCUT2D eigenvalue weighted by Crippen LogP contribution is -2.43. The average Bonchev–Trinajstić information content (AvgIpc) is 1.99. The largest absolute Gasteiger partial charge is 0.373 e. The molecule has 0 aliphatic heterocycles. The van der Waals surface area contributed by atoms with Gasteiger partial charge in [-0.3, -0.25) is 9.59 Å². The predicted octanol–water partition coefficient (Wildman–Crippen LogP) is -0.267. The van der Waals surface area contributed by atoms with Crippen LogP contribution in [0.5, 0.6) is 0 Å². The highest BCUT2D eigenvalue weighted by Crippen LogP contribution is 2.16. The summed E-state index contributed by atoms with van der Waals surface area (Å²) in [5.74, 6) is -0.892. The molecule has 1 atom stereocenters. The van der Waals surface area contributed by atoms with Crippen LogP contribution in [0.15, 0.2) is 0 Å². The smallest absolute Gasteiger partial charge is 0.222 e. The van der Waals surface area contributed by atoms with E-state index in [4.69, 9.17) is 5.73 Å². The number of carbonyl (C=O) groups excluding carboxylic acids is 2. The molecule has 82 valence electrons. The second-order valence-electron chi connectivity index (χ2n) is 4.30. The molecule has 0 radical (unpaired) electrons. The van der Waals surface area contributed by atoms with Crippen LogP contribution in [0, 0.1) is 5.41 Å². The molecule has 0 aromatic rings. The SMILES string of the molecule is CC(C)(C)C(O)NC(=O)CCC(N)=O. The number of rotatable bonds is 4. The zero-order chi connectivity index (χ0) is 11.4. The number of nitrogens with one attached hydrogen (secondary N) is 1. The van der Waals surface area contributed by atoms with Crippen LogP contribution in [-0.2, 0) is 9.59 Å². The van der Waals surface area contributed by atoms with E-state index in [1.165, 1.54) is 0 Å². The highest BCUT2D eigenvalue weighted by atomic mass is 16.3. The highest BCUT2D eigenvalue weighted by Gasteiger charge is 2.23. The Kier molecular flexibility index (Phi) is 4.56. The molecule has 2 amide bonds. The van der Waals surface area contributed by atoms with Crippen molar-refractivity contribution in [1.29, 1.82) is 0 Å². The maximum atomic E-state index is 11.1. The Hall–Kier alpha value is -1.10. The van der Waals surface area contributed by atoms with Gasteiger partial charge in [0.15, 0.2) is 0 Å². The second kappa shape index (κ2) is 4.95. The van der Waals surface area contributed by atoms with Gasteiger partial charge in [-0.15, -0.1) is 0 Å². The van der Waals surface area contributed by atoms with Gasteiger partial charge in [-0.2, -0.15) is 0 Å². The fourth-order valence-electron chi connectivity index (χ4n) is 0.678. The van der Waals surface area contributed by atoms with Gasteiger partial charge in [-0.25, -0.2) is 0 Å². The van der Waals surface area contributed by atoms with Crippen molar-refractivity contribution in [1.82, 2.24) is 5.32 Å². The van der Waals surface area contributed by atoms with Crippen LogP contribution in [0.4, 0.5) is 0 Å². The lowest BCUT2D eigenvalue weighted by Gasteiger charge is -2.26. The third-order valence-corrected chi connectivity index (χ3v) is 1.72. The highest BCUT2D eigenvalue weighted by molar-refractivity contribution is 5.82. The fourth-order valence-corrected chi connectivity index (χ4v) is 0.678. The lowest BCUT2D eigenvalue weighted by molar-refractivity contribution is -0.129. The van der Waals surface area contributed by atoms with E-state index in [-0.39, 0.29) is 18.7 Å². The summed E-state index contributed by atoms with van der Waals surface area (Å²) in [4.78, 5) is 21.5. The van der Waals surface area contributed by atoms with E-state index in [2.05, 4.69) is 5.32 Å². The number of aliphatic hydroxyl groups is 1. The van der Waals surface area contributed by atoms with Gasteiger partial charge in [-0.1, -0.05) is 20.8 Å². The number of nitrogens with two attached hydrogens (primary N) is 1. The van der Waals surface area contributed by atoms with Crippen LogP contribution in [0.3, 0.4) is 0 Å². The summed E-state index contributed by atoms with van der Waals surface area (Å²) in [5.41, 5.74) is 4.46. The molecule has 0 heterocycles. The molecule has 14 heavy (non-hydrogen) atoms. The van der Waals surface area contributed by atoms with Gasteiger partial charge in [-0.05, 0) is 0 Å². The molecule has 5 nitrogen and oxygen atoms in total. The Balaban J connectivity index is 3.89. The van der Waals surface area contributed by atoms with E-state index >= 15 is 0 Å². The Morgan fingerprint density at radius 3 is 2.21 bits per heavy atom. The van der Waals surface area contributed by atoms with E-state index in [1.807, 2.05) is 0 Å². The number of hydrogen-bond acceptors (Lipinski definition) is 3. The molecule has 4 N–H and O–H groups in total. The molecule has 0 bridgehead atoms. The number of carbonyl (C=O) groups is 2. The normalized spacial score (nSPS) is 13.4. The summed E-state index contributed by atoms with van der Waals surface area (Å²) in [6.07, 6.45) is -0.895. The van der Waals surface area contributed by atoms with Gasteiger partial charge in [0, 0.05) is 18.3 Å². The Morgan fingerprint density at radius 2 is 1.86 bits per heavy atom. The number of primary amides is 1. The first-order chi connectivity index (χ1) is 6.23. The fraction of sp³-hybridized carbons (Fsp3) is 0.778. The van der Waals surface area contributed by atoms with Crippen molar-refractivity contribution in [3.05, 3.63) is 0 Å². The molecule has 0 aliphatic rings. The number of amides is 2. The number of aliphatic hydroxyl groups excluding tert-OH is 1. The minimum Gasteiger partial charge on any atom is -0.373 e. The summed E-state index contributed by atoms with van der Waals surface area (Å²) < 4.78 is 0.